The maximum absolute atomic E-state index is 9.01. The van der Waals surface area contributed by atoms with Crippen molar-refractivity contribution in [2.45, 2.75) is 31.9 Å². The van der Waals surface area contributed by atoms with Crippen LogP contribution < -0.4 is 5.32 Å². The van der Waals surface area contributed by atoms with Crippen LogP contribution in [-0.4, -0.2) is 37.5 Å². The van der Waals surface area contributed by atoms with Gasteiger partial charge in [-0.15, -0.1) is 0 Å². The third-order valence-corrected chi connectivity index (χ3v) is 2.09. The summed E-state index contributed by atoms with van der Waals surface area (Å²) in [5.41, 5.74) is -0.213. The molecule has 0 radical (unpaired) electrons. The van der Waals surface area contributed by atoms with Crippen LogP contribution in [0.5, 0.6) is 0 Å². The molecule has 68 valence electrons. The lowest BCUT2D eigenvalue weighted by molar-refractivity contribution is 0.0644. The van der Waals surface area contributed by atoms with Crippen molar-refractivity contribution >= 4 is 0 Å². The number of likely N-dealkylation sites (N-methyl/N-ethyl adjacent to an activating group) is 1. The average molecular weight is 161 g/mol. The molecule has 0 heterocycles. The van der Waals surface area contributed by atoms with Gasteiger partial charge in [0.2, 0.25) is 0 Å². The molecular formula is C8H19NO2. The zero-order valence-corrected chi connectivity index (χ0v) is 7.85. The zero-order chi connectivity index (χ0) is 8.91. The van der Waals surface area contributed by atoms with Gasteiger partial charge in [-0.2, -0.15) is 0 Å². The van der Waals surface area contributed by atoms with E-state index < -0.39 is 0 Å². The standard InChI is InChI=1S/C8H19NO2/c1-7(11-4)5-8(2,6-10)9-3/h7,9-10H,5-6H2,1-4H3. The van der Waals surface area contributed by atoms with Crippen molar-refractivity contribution in [1.82, 2.24) is 5.32 Å². The lowest BCUT2D eigenvalue weighted by atomic mass is 9.96. The molecular weight excluding hydrogens is 142 g/mol. The highest BCUT2D eigenvalue weighted by Crippen LogP contribution is 2.12. The van der Waals surface area contributed by atoms with Crippen molar-refractivity contribution in [1.29, 1.82) is 0 Å². The fourth-order valence-corrected chi connectivity index (χ4v) is 0.963. The van der Waals surface area contributed by atoms with Gasteiger partial charge in [0.25, 0.3) is 0 Å². The van der Waals surface area contributed by atoms with E-state index in [1.165, 1.54) is 0 Å². The van der Waals surface area contributed by atoms with Crippen LogP contribution in [0.25, 0.3) is 0 Å². The summed E-state index contributed by atoms with van der Waals surface area (Å²) in [5.74, 6) is 0. The third-order valence-electron chi connectivity index (χ3n) is 2.09. The predicted octanol–water partition coefficient (Wildman–Crippen LogP) is 0.382. The Labute approximate surface area is 68.8 Å². The molecule has 3 heteroatoms. The Bertz CT molecular complexity index is 102. The Morgan fingerprint density at radius 1 is 1.64 bits per heavy atom. The molecule has 2 N–H and O–H groups in total. The fraction of sp³-hybridized carbons (Fsp3) is 1.00. The summed E-state index contributed by atoms with van der Waals surface area (Å²) in [6.45, 7) is 4.10. The largest absolute Gasteiger partial charge is 0.394 e. The second kappa shape index (κ2) is 4.70. The van der Waals surface area contributed by atoms with E-state index >= 15 is 0 Å². The lowest BCUT2D eigenvalue weighted by Gasteiger charge is -2.29. The first kappa shape index (κ1) is 10.9. The van der Waals surface area contributed by atoms with Crippen molar-refractivity contribution in [2.75, 3.05) is 20.8 Å². The Hall–Kier alpha value is -0.120. The number of ether oxygens (including phenoxy) is 1. The first-order valence-electron chi connectivity index (χ1n) is 3.90. The van der Waals surface area contributed by atoms with Gasteiger partial charge in [0.05, 0.1) is 12.7 Å². The minimum Gasteiger partial charge on any atom is -0.394 e. The van der Waals surface area contributed by atoms with Gasteiger partial charge in [-0.25, -0.2) is 0 Å². The van der Waals surface area contributed by atoms with Crippen LogP contribution in [0.2, 0.25) is 0 Å². The second-order valence-corrected chi connectivity index (χ2v) is 3.22. The average Bonchev–Trinajstić information content (AvgIpc) is 2.04. The van der Waals surface area contributed by atoms with Crippen LogP contribution in [0.15, 0.2) is 0 Å². The van der Waals surface area contributed by atoms with Crippen LogP contribution >= 0.6 is 0 Å². The number of nitrogens with one attached hydrogen (secondary N) is 1. The smallest absolute Gasteiger partial charge is 0.0611 e. The van der Waals surface area contributed by atoms with Gasteiger partial charge in [-0.05, 0) is 27.3 Å². The summed E-state index contributed by atoms with van der Waals surface area (Å²) in [4.78, 5) is 0. The minimum atomic E-state index is -0.213. The van der Waals surface area contributed by atoms with Crippen LogP contribution in [0.4, 0.5) is 0 Å². The molecule has 0 saturated carbocycles. The Balaban J connectivity index is 3.86. The summed E-state index contributed by atoms with van der Waals surface area (Å²) in [6.07, 6.45) is 0.996. The van der Waals surface area contributed by atoms with E-state index in [0.717, 1.165) is 6.42 Å². The molecule has 0 aliphatic rings. The number of hydrogen-bond acceptors (Lipinski definition) is 3. The highest BCUT2D eigenvalue weighted by atomic mass is 16.5. The summed E-state index contributed by atoms with van der Waals surface area (Å²) in [5, 5.41) is 12.1. The van der Waals surface area contributed by atoms with Crippen LogP contribution in [0.3, 0.4) is 0 Å². The van der Waals surface area contributed by atoms with E-state index in [4.69, 9.17) is 9.84 Å². The Kier molecular flexibility index (Phi) is 4.65. The van der Waals surface area contributed by atoms with E-state index in [9.17, 15) is 0 Å². The van der Waals surface area contributed by atoms with Crippen molar-refractivity contribution in [2.24, 2.45) is 0 Å². The highest BCUT2D eigenvalue weighted by Gasteiger charge is 2.23. The van der Waals surface area contributed by atoms with E-state index in [-0.39, 0.29) is 18.2 Å². The van der Waals surface area contributed by atoms with Crippen LogP contribution in [0, 0.1) is 0 Å². The zero-order valence-electron chi connectivity index (χ0n) is 7.85. The van der Waals surface area contributed by atoms with Gasteiger partial charge in [-0.1, -0.05) is 0 Å². The lowest BCUT2D eigenvalue weighted by Crippen LogP contribution is -2.45. The second-order valence-electron chi connectivity index (χ2n) is 3.22. The van der Waals surface area contributed by atoms with E-state index in [0.29, 0.717) is 0 Å². The maximum atomic E-state index is 9.01. The van der Waals surface area contributed by atoms with E-state index in [1.807, 2.05) is 20.9 Å². The molecule has 0 aliphatic carbocycles. The van der Waals surface area contributed by atoms with Gasteiger partial charge in [-0.3, -0.25) is 0 Å². The van der Waals surface area contributed by atoms with Crippen molar-refractivity contribution in [3.63, 3.8) is 0 Å². The van der Waals surface area contributed by atoms with Gasteiger partial charge >= 0.3 is 0 Å². The molecule has 2 atom stereocenters. The Morgan fingerprint density at radius 2 is 2.18 bits per heavy atom. The van der Waals surface area contributed by atoms with E-state index in [1.54, 1.807) is 7.11 Å². The maximum Gasteiger partial charge on any atom is 0.0611 e. The summed E-state index contributed by atoms with van der Waals surface area (Å²) in [6, 6.07) is 0. The van der Waals surface area contributed by atoms with Crippen molar-refractivity contribution < 1.29 is 9.84 Å². The number of methoxy groups -OCH3 is 1. The normalized spacial score (nSPS) is 19.4. The third kappa shape index (κ3) is 3.70. The molecule has 0 spiro atoms. The van der Waals surface area contributed by atoms with Crippen LogP contribution in [-0.2, 0) is 4.74 Å². The molecule has 0 aromatic carbocycles. The molecule has 2 unspecified atom stereocenters. The summed E-state index contributed by atoms with van der Waals surface area (Å²) >= 11 is 0. The van der Waals surface area contributed by atoms with Crippen molar-refractivity contribution in [3.05, 3.63) is 0 Å². The SMILES string of the molecule is CNC(C)(CO)CC(C)OC. The number of hydrogen-bond donors (Lipinski definition) is 2. The molecule has 3 nitrogen and oxygen atoms in total. The van der Waals surface area contributed by atoms with Gasteiger partial charge in [0, 0.05) is 12.6 Å². The van der Waals surface area contributed by atoms with Gasteiger partial charge in [0.1, 0.15) is 0 Å². The molecule has 0 amide bonds. The molecule has 11 heavy (non-hydrogen) atoms. The Morgan fingerprint density at radius 3 is 2.45 bits per heavy atom. The van der Waals surface area contributed by atoms with Crippen molar-refractivity contribution in [3.8, 4) is 0 Å². The summed E-state index contributed by atoms with van der Waals surface area (Å²) in [7, 11) is 3.52. The molecule has 0 aliphatic heterocycles. The molecule has 0 saturated heterocycles. The number of rotatable bonds is 5. The van der Waals surface area contributed by atoms with Crippen LogP contribution in [0.1, 0.15) is 20.3 Å². The fourth-order valence-electron chi connectivity index (χ4n) is 0.963. The monoisotopic (exact) mass is 161 g/mol. The molecule has 0 fully saturated rings. The summed E-state index contributed by atoms with van der Waals surface area (Å²) < 4.78 is 5.10. The first-order valence-corrected chi connectivity index (χ1v) is 3.90. The van der Waals surface area contributed by atoms with Gasteiger partial charge < -0.3 is 15.2 Å². The predicted molar refractivity (Wildman–Crippen MR) is 45.6 cm³/mol. The molecule has 0 aromatic rings. The molecule has 0 bridgehead atoms. The topological polar surface area (TPSA) is 41.5 Å². The molecule has 0 aromatic heterocycles. The van der Waals surface area contributed by atoms with Gasteiger partial charge in [0.15, 0.2) is 0 Å². The quantitative estimate of drug-likeness (QED) is 0.612. The number of aliphatic hydroxyl groups excluding tert-OH is 1. The molecule has 0 rings (SSSR count). The highest BCUT2D eigenvalue weighted by molar-refractivity contribution is 4.82. The first-order chi connectivity index (χ1) is 5.08. The minimum absolute atomic E-state index is 0.136. The van der Waals surface area contributed by atoms with E-state index in [2.05, 4.69) is 5.32 Å². The number of aliphatic hydroxyl groups is 1.